The van der Waals surface area contributed by atoms with E-state index in [1.165, 1.54) is 18.2 Å². The summed E-state index contributed by atoms with van der Waals surface area (Å²) in [4.78, 5) is 10.8. The lowest BCUT2D eigenvalue weighted by Crippen LogP contribution is -2.15. The van der Waals surface area contributed by atoms with Crippen molar-refractivity contribution < 1.29 is 27.8 Å². The van der Waals surface area contributed by atoms with Gasteiger partial charge in [-0.05, 0) is 24.6 Å². The minimum Gasteiger partial charge on any atom is -0.478 e. The zero-order valence-electron chi connectivity index (χ0n) is 11.9. The van der Waals surface area contributed by atoms with Gasteiger partial charge >= 0.3 is 5.97 Å². The number of carboxylic acids is 1. The predicted molar refractivity (Wildman–Crippen MR) is 77.4 cm³/mol. The van der Waals surface area contributed by atoms with E-state index in [-0.39, 0.29) is 22.8 Å². The van der Waals surface area contributed by atoms with Crippen LogP contribution >= 0.6 is 0 Å². The van der Waals surface area contributed by atoms with Crippen LogP contribution in [-0.4, -0.2) is 51.7 Å². The molecule has 0 radical (unpaired) electrons. The lowest BCUT2D eigenvalue weighted by molar-refractivity contribution is 0.0537. The van der Waals surface area contributed by atoms with Gasteiger partial charge in [0, 0.05) is 6.61 Å². The number of carbonyl (C=O) groups is 1. The summed E-state index contributed by atoms with van der Waals surface area (Å²) in [6.07, 6.45) is 0.925. The number of benzene rings is 1. The van der Waals surface area contributed by atoms with Gasteiger partial charge in [0.1, 0.15) is 0 Å². The second-order valence-electron chi connectivity index (χ2n) is 4.38. The van der Waals surface area contributed by atoms with Gasteiger partial charge in [-0.3, -0.25) is 0 Å². The van der Waals surface area contributed by atoms with Crippen molar-refractivity contribution in [3.8, 4) is 0 Å². The monoisotopic (exact) mass is 316 g/mol. The minimum absolute atomic E-state index is 0.00627. The molecule has 118 valence electrons. The summed E-state index contributed by atoms with van der Waals surface area (Å²) in [6.45, 7) is 3.48. The molecule has 7 heteroatoms. The highest BCUT2D eigenvalue weighted by Gasteiger charge is 2.16. The van der Waals surface area contributed by atoms with E-state index in [9.17, 15) is 13.2 Å². The lowest BCUT2D eigenvalue weighted by Gasteiger charge is -2.07. The summed E-state index contributed by atoms with van der Waals surface area (Å²) < 4.78 is 34.5. The molecule has 6 nitrogen and oxygen atoms in total. The summed E-state index contributed by atoms with van der Waals surface area (Å²) in [5.74, 6) is -1.35. The van der Waals surface area contributed by atoms with Gasteiger partial charge in [-0.2, -0.15) is 0 Å². The Morgan fingerprint density at radius 3 is 2.43 bits per heavy atom. The Hall–Kier alpha value is -1.44. The molecule has 0 fully saturated rings. The Morgan fingerprint density at radius 1 is 1.14 bits per heavy atom. The maximum Gasteiger partial charge on any atom is 0.335 e. The Balaban J connectivity index is 2.46. The van der Waals surface area contributed by atoms with E-state index in [0.29, 0.717) is 19.8 Å². The van der Waals surface area contributed by atoms with Crippen molar-refractivity contribution in [1.29, 1.82) is 0 Å². The van der Waals surface area contributed by atoms with Crippen molar-refractivity contribution in [2.45, 2.75) is 18.2 Å². The molecule has 0 heterocycles. The SMILES string of the molecule is CCCOCCOCCS(=O)(=O)c1cccc(C(=O)O)c1. The van der Waals surface area contributed by atoms with E-state index in [1.54, 1.807) is 0 Å². The molecular weight excluding hydrogens is 296 g/mol. The average molecular weight is 316 g/mol. The van der Waals surface area contributed by atoms with Crippen LogP contribution < -0.4 is 0 Å². The van der Waals surface area contributed by atoms with Gasteiger partial charge in [0.25, 0.3) is 0 Å². The van der Waals surface area contributed by atoms with Crippen molar-refractivity contribution in [3.05, 3.63) is 29.8 Å². The van der Waals surface area contributed by atoms with E-state index in [0.717, 1.165) is 12.5 Å². The van der Waals surface area contributed by atoms with Crippen LogP contribution in [-0.2, 0) is 19.3 Å². The van der Waals surface area contributed by atoms with Crippen molar-refractivity contribution in [1.82, 2.24) is 0 Å². The van der Waals surface area contributed by atoms with Gasteiger partial charge in [0.05, 0.1) is 36.0 Å². The van der Waals surface area contributed by atoms with Gasteiger partial charge < -0.3 is 14.6 Å². The van der Waals surface area contributed by atoms with Crippen molar-refractivity contribution in [3.63, 3.8) is 0 Å². The van der Waals surface area contributed by atoms with Crippen LogP contribution in [0.5, 0.6) is 0 Å². The fourth-order valence-electron chi connectivity index (χ4n) is 1.58. The first-order valence-electron chi connectivity index (χ1n) is 6.69. The summed E-state index contributed by atoms with van der Waals surface area (Å²) in [5.41, 5.74) is -0.0510. The summed E-state index contributed by atoms with van der Waals surface area (Å²) in [5, 5.41) is 8.86. The molecule has 1 rings (SSSR count). The second-order valence-corrected chi connectivity index (χ2v) is 6.49. The molecule has 0 aliphatic carbocycles. The van der Waals surface area contributed by atoms with Crippen LogP contribution in [0.3, 0.4) is 0 Å². The maximum absolute atomic E-state index is 12.0. The number of rotatable bonds is 10. The van der Waals surface area contributed by atoms with E-state index in [4.69, 9.17) is 14.6 Å². The third-order valence-corrected chi connectivity index (χ3v) is 4.33. The molecule has 1 aromatic carbocycles. The summed E-state index contributed by atoms with van der Waals surface area (Å²) in [6, 6.07) is 5.30. The van der Waals surface area contributed by atoms with Crippen LogP contribution in [0.4, 0.5) is 0 Å². The van der Waals surface area contributed by atoms with Gasteiger partial charge in [-0.15, -0.1) is 0 Å². The average Bonchev–Trinajstić information content (AvgIpc) is 2.46. The molecule has 0 bridgehead atoms. The standard InChI is InChI=1S/C14H20O6S/c1-2-6-19-7-8-20-9-10-21(17,18)13-5-3-4-12(11-13)14(15)16/h3-5,11H,2,6-10H2,1H3,(H,15,16). The van der Waals surface area contributed by atoms with Crippen LogP contribution in [0.15, 0.2) is 29.2 Å². The Morgan fingerprint density at radius 2 is 1.81 bits per heavy atom. The summed E-state index contributed by atoms with van der Waals surface area (Å²) in [7, 11) is -3.54. The smallest absolute Gasteiger partial charge is 0.335 e. The number of aromatic carboxylic acids is 1. The predicted octanol–water partition coefficient (Wildman–Crippen LogP) is 1.60. The molecular formula is C14H20O6S. The normalized spacial score (nSPS) is 11.5. The molecule has 0 amide bonds. The van der Waals surface area contributed by atoms with E-state index < -0.39 is 15.8 Å². The van der Waals surface area contributed by atoms with Gasteiger partial charge in [-0.1, -0.05) is 13.0 Å². The Labute approximate surface area is 124 Å². The largest absolute Gasteiger partial charge is 0.478 e. The highest BCUT2D eigenvalue weighted by molar-refractivity contribution is 7.91. The fraction of sp³-hybridized carbons (Fsp3) is 0.500. The quantitative estimate of drug-likeness (QED) is 0.659. The molecule has 21 heavy (non-hydrogen) atoms. The third kappa shape index (κ3) is 6.24. The van der Waals surface area contributed by atoms with Gasteiger partial charge in [-0.25, -0.2) is 13.2 Å². The molecule has 0 saturated heterocycles. The van der Waals surface area contributed by atoms with Gasteiger partial charge in [0.15, 0.2) is 9.84 Å². The van der Waals surface area contributed by atoms with Gasteiger partial charge in [0.2, 0.25) is 0 Å². The molecule has 0 saturated carbocycles. The molecule has 1 N–H and O–H groups in total. The zero-order chi connectivity index (χ0) is 15.7. The van der Waals surface area contributed by atoms with Crippen LogP contribution in [0.1, 0.15) is 23.7 Å². The first kappa shape index (κ1) is 17.6. The van der Waals surface area contributed by atoms with E-state index in [1.807, 2.05) is 6.92 Å². The third-order valence-electron chi connectivity index (χ3n) is 2.66. The molecule has 0 aromatic heterocycles. The van der Waals surface area contributed by atoms with E-state index >= 15 is 0 Å². The number of ether oxygens (including phenoxy) is 2. The number of carboxylic acid groups (broad SMARTS) is 1. The molecule has 0 spiro atoms. The zero-order valence-corrected chi connectivity index (χ0v) is 12.8. The Bertz CT molecular complexity index is 552. The first-order valence-corrected chi connectivity index (χ1v) is 8.34. The fourth-order valence-corrected chi connectivity index (χ4v) is 2.74. The highest BCUT2D eigenvalue weighted by atomic mass is 32.2. The number of sulfone groups is 1. The van der Waals surface area contributed by atoms with Crippen molar-refractivity contribution >= 4 is 15.8 Å². The molecule has 0 aliphatic heterocycles. The molecule has 0 atom stereocenters. The summed E-state index contributed by atoms with van der Waals surface area (Å²) >= 11 is 0. The maximum atomic E-state index is 12.0. The lowest BCUT2D eigenvalue weighted by atomic mass is 10.2. The number of hydrogen-bond donors (Lipinski definition) is 1. The molecule has 0 unspecified atom stereocenters. The van der Waals surface area contributed by atoms with Crippen molar-refractivity contribution in [2.24, 2.45) is 0 Å². The van der Waals surface area contributed by atoms with Crippen LogP contribution in [0, 0.1) is 0 Å². The first-order chi connectivity index (χ1) is 9.97. The second kappa shape index (κ2) is 8.76. The number of hydrogen-bond acceptors (Lipinski definition) is 5. The molecule has 0 aliphatic rings. The van der Waals surface area contributed by atoms with Crippen LogP contribution in [0.25, 0.3) is 0 Å². The molecule has 1 aromatic rings. The minimum atomic E-state index is -3.54. The highest BCUT2D eigenvalue weighted by Crippen LogP contribution is 2.13. The van der Waals surface area contributed by atoms with E-state index in [2.05, 4.69) is 0 Å². The Kier molecular flexibility index (Phi) is 7.35. The van der Waals surface area contributed by atoms with Crippen LogP contribution in [0.2, 0.25) is 0 Å². The van der Waals surface area contributed by atoms with Crippen molar-refractivity contribution in [2.75, 3.05) is 32.2 Å². The topological polar surface area (TPSA) is 89.9 Å².